The normalized spacial score (nSPS) is 10.7. The van der Waals surface area contributed by atoms with Crippen molar-refractivity contribution in [2.45, 2.75) is 25.0 Å². The second kappa shape index (κ2) is 7.03. The number of benzene rings is 1. The first-order valence-electron chi connectivity index (χ1n) is 6.54. The Bertz CT molecular complexity index is 686. The van der Waals surface area contributed by atoms with Crippen molar-refractivity contribution in [3.63, 3.8) is 0 Å². The minimum absolute atomic E-state index is 0.0648. The zero-order chi connectivity index (χ0) is 16.1. The van der Waals surface area contributed by atoms with Gasteiger partial charge >= 0.3 is 0 Å². The molecule has 1 amide bonds. The number of hydrogen-bond acceptors (Lipinski definition) is 6. The molecule has 0 aliphatic rings. The molecule has 1 heterocycles. The van der Waals surface area contributed by atoms with E-state index in [1.54, 1.807) is 12.4 Å². The molecule has 0 unspecified atom stereocenters. The second-order valence-electron chi connectivity index (χ2n) is 4.76. The lowest BCUT2D eigenvalue weighted by atomic mass is 10.3. The molecule has 22 heavy (non-hydrogen) atoms. The maximum atomic E-state index is 11.9. The fraction of sp³-hybridized carbons (Fsp3) is 0.308. The van der Waals surface area contributed by atoms with Crippen molar-refractivity contribution in [3.05, 3.63) is 40.7 Å². The third-order valence-electron chi connectivity index (χ3n) is 2.77. The average Bonchev–Trinajstić information content (AvgIpc) is 2.94. The Labute approximate surface area is 131 Å². The fourth-order valence-corrected chi connectivity index (χ4v) is 2.56. The van der Waals surface area contributed by atoms with Crippen LogP contribution in [-0.2, 0) is 4.79 Å². The standard InChI is InChI=1S/C13H15N5O3S/c1-9(2)17-8-14-16-13(17)22-7-12(19)15-10-4-3-5-11(6-10)18(20)21/h3-6,8-9H,7H2,1-2H3,(H,15,19). The third-order valence-corrected chi connectivity index (χ3v) is 3.73. The Morgan fingerprint density at radius 2 is 2.27 bits per heavy atom. The smallest absolute Gasteiger partial charge is 0.271 e. The molecular formula is C13H15N5O3S. The molecule has 0 saturated carbocycles. The van der Waals surface area contributed by atoms with Crippen LogP contribution < -0.4 is 5.32 Å². The van der Waals surface area contributed by atoms with Gasteiger partial charge in [0.1, 0.15) is 6.33 Å². The van der Waals surface area contributed by atoms with E-state index in [2.05, 4.69) is 15.5 Å². The molecule has 9 heteroatoms. The summed E-state index contributed by atoms with van der Waals surface area (Å²) in [6, 6.07) is 6.02. The summed E-state index contributed by atoms with van der Waals surface area (Å²) in [6.45, 7) is 3.99. The molecule has 0 aliphatic heterocycles. The van der Waals surface area contributed by atoms with Gasteiger partial charge in [0, 0.05) is 23.9 Å². The van der Waals surface area contributed by atoms with Crippen LogP contribution in [0.5, 0.6) is 0 Å². The van der Waals surface area contributed by atoms with Crippen LogP contribution >= 0.6 is 11.8 Å². The summed E-state index contributed by atoms with van der Waals surface area (Å²) >= 11 is 1.26. The number of hydrogen-bond donors (Lipinski definition) is 1. The van der Waals surface area contributed by atoms with Gasteiger partial charge in [-0.2, -0.15) is 0 Å². The molecule has 8 nitrogen and oxygen atoms in total. The molecule has 0 saturated heterocycles. The molecule has 2 aromatic rings. The Morgan fingerprint density at radius 3 is 2.95 bits per heavy atom. The summed E-state index contributed by atoms with van der Waals surface area (Å²) in [5.41, 5.74) is 0.329. The summed E-state index contributed by atoms with van der Waals surface area (Å²) in [5.74, 6) is -0.113. The van der Waals surface area contributed by atoms with E-state index < -0.39 is 4.92 Å². The SMILES string of the molecule is CC(C)n1cnnc1SCC(=O)Nc1cccc([N+](=O)[O-])c1. The van der Waals surface area contributed by atoms with Crippen LogP contribution in [0.4, 0.5) is 11.4 Å². The van der Waals surface area contributed by atoms with E-state index >= 15 is 0 Å². The Morgan fingerprint density at radius 1 is 1.50 bits per heavy atom. The predicted octanol–water partition coefficient (Wildman–Crippen LogP) is 2.50. The number of nitrogens with one attached hydrogen (secondary N) is 1. The van der Waals surface area contributed by atoms with E-state index in [9.17, 15) is 14.9 Å². The van der Waals surface area contributed by atoms with E-state index in [0.29, 0.717) is 10.8 Å². The fourth-order valence-electron chi connectivity index (χ4n) is 1.71. The van der Waals surface area contributed by atoms with E-state index in [0.717, 1.165) is 0 Å². The number of thioether (sulfide) groups is 1. The summed E-state index contributed by atoms with van der Waals surface area (Å²) in [6.07, 6.45) is 1.62. The second-order valence-corrected chi connectivity index (χ2v) is 5.70. The molecule has 2 rings (SSSR count). The number of carbonyl (C=O) groups excluding carboxylic acids is 1. The van der Waals surface area contributed by atoms with Crippen LogP contribution in [0.2, 0.25) is 0 Å². The van der Waals surface area contributed by atoms with Crippen molar-refractivity contribution in [1.82, 2.24) is 14.8 Å². The first-order valence-corrected chi connectivity index (χ1v) is 7.52. The number of nitrogens with zero attached hydrogens (tertiary/aromatic N) is 4. The van der Waals surface area contributed by atoms with Crippen molar-refractivity contribution in [2.75, 3.05) is 11.1 Å². The maximum Gasteiger partial charge on any atom is 0.271 e. The molecule has 0 bridgehead atoms. The van der Waals surface area contributed by atoms with E-state index in [1.165, 1.54) is 30.0 Å². The number of nitro groups is 1. The Balaban J connectivity index is 1.94. The number of rotatable bonds is 6. The molecule has 0 aliphatic carbocycles. The first kappa shape index (κ1) is 16.0. The van der Waals surface area contributed by atoms with E-state index in [4.69, 9.17) is 0 Å². The van der Waals surface area contributed by atoms with Gasteiger partial charge in [-0.05, 0) is 19.9 Å². The zero-order valence-corrected chi connectivity index (χ0v) is 12.9. The van der Waals surface area contributed by atoms with Crippen LogP contribution in [0.15, 0.2) is 35.7 Å². The summed E-state index contributed by atoms with van der Waals surface area (Å²) in [4.78, 5) is 22.1. The molecule has 1 aromatic carbocycles. The first-order chi connectivity index (χ1) is 10.5. The highest BCUT2D eigenvalue weighted by atomic mass is 32.2. The Kier molecular flexibility index (Phi) is 5.10. The lowest BCUT2D eigenvalue weighted by molar-refractivity contribution is -0.384. The van der Waals surface area contributed by atoms with Gasteiger partial charge in [-0.3, -0.25) is 14.9 Å². The van der Waals surface area contributed by atoms with Gasteiger partial charge in [0.05, 0.1) is 10.7 Å². The number of nitro benzene ring substituents is 1. The summed E-state index contributed by atoms with van der Waals surface area (Å²) in [5, 5.41) is 21.8. The van der Waals surface area contributed by atoms with Crippen LogP contribution in [-0.4, -0.2) is 31.3 Å². The number of carbonyl (C=O) groups is 1. The minimum Gasteiger partial charge on any atom is -0.325 e. The largest absolute Gasteiger partial charge is 0.325 e. The molecule has 0 atom stereocenters. The van der Waals surface area contributed by atoms with E-state index in [1.807, 2.05) is 18.4 Å². The summed E-state index contributed by atoms with van der Waals surface area (Å²) in [7, 11) is 0. The number of aromatic nitrogens is 3. The van der Waals surface area contributed by atoms with Crippen LogP contribution in [0.1, 0.15) is 19.9 Å². The molecule has 1 N–H and O–H groups in total. The van der Waals surface area contributed by atoms with Crippen molar-refractivity contribution in [2.24, 2.45) is 0 Å². The van der Waals surface area contributed by atoms with Gasteiger partial charge in [0.25, 0.3) is 5.69 Å². The lowest BCUT2D eigenvalue weighted by Gasteiger charge is -2.09. The van der Waals surface area contributed by atoms with Gasteiger partial charge in [0.2, 0.25) is 5.91 Å². The number of amides is 1. The molecule has 116 valence electrons. The van der Waals surface area contributed by atoms with Crippen LogP contribution in [0.25, 0.3) is 0 Å². The van der Waals surface area contributed by atoms with Crippen LogP contribution in [0.3, 0.4) is 0 Å². The molecule has 1 aromatic heterocycles. The predicted molar refractivity (Wildman–Crippen MR) is 82.9 cm³/mol. The Hall–Kier alpha value is -2.42. The average molecular weight is 321 g/mol. The lowest BCUT2D eigenvalue weighted by Crippen LogP contribution is -2.14. The third kappa shape index (κ3) is 4.04. The van der Waals surface area contributed by atoms with E-state index in [-0.39, 0.29) is 23.4 Å². The van der Waals surface area contributed by atoms with Crippen molar-refractivity contribution in [3.8, 4) is 0 Å². The minimum atomic E-state index is -0.504. The maximum absolute atomic E-state index is 11.9. The molecule has 0 spiro atoms. The highest BCUT2D eigenvalue weighted by Crippen LogP contribution is 2.20. The van der Waals surface area contributed by atoms with Gasteiger partial charge in [-0.15, -0.1) is 10.2 Å². The van der Waals surface area contributed by atoms with Crippen molar-refractivity contribution in [1.29, 1.82) is 0 Å². The summed E-state index contributed by atoms with van der Waals surface area (Å²) < 4.78 is 1.87. The zero-order valence-electron chi connectivity index (χ0n) is 12.1. The van der Waals surface area contributed by atoms with Gasteiger partial charge in [-0.25, -0.2) is 0 Å². The molecule has 0 radical (unpaired) electrons. The quantitative estimate of drug-likeness (QED) is 0.498. The van der Waals surface area contributed by atoms with Crippen LogP contribution in [0, 0.1) is 10.1 Å². The number of non-ortho nitro benzene ring substituents is 1. The monoisotopic (exact) mass is 321 g/mol. The topological polar surface area (TPSA) is 103 Å². The van der Waals surface area contributed by atoms with Gasteiger partial charge in [0.15, 0.2) is 5.16 Å². The van der Waals surface area contributed by atoms with Gasteiger partial charge < -0.3 is 9.88 Å². The van der Waals surface area contributed by atoms with Crippen molar-refractivity contribution >= 4 is 29.0 Å². The van der Waals surface area contributed by atoms with Crippen molar-refractivity contribution < 1.29 is 9.72 Å². The van der Waals surface area contributed by atoms with Gasteiger partial charge in [-0.1, -0.05) is 17.8 Å². The molecular weight excluding hydrogens is 306 g/mol. The highest BCUT2D eigenvalue weighted by molar-refractivity contribution is 7.99. The molecule has 0 fully saturated rings. The highest BCUT2D eigenvalue weighted by Gasteiger charge is 2.12. The number of anilines is 1.